The molecule has 0 aliphatic heterocycles. The number of nitrogens with zero attached hydrogens (tertiary/aromatic N) is 1. The second-order valence-electron chi connectivity index (χ2n) is 3.75. The summed E-state index contributed by atoms with van der Waals surface area (Å²) in [5.41, 5.74) is 1.07. The molecule has 0 aliphatic carbocycles. The quantitative estimate of drug-likeness (QED) is 0.760. The fourth-order valence-corrected chi connectivity index (χ4v) is 2.39. The van der Waals surface area contributed by atoms with Crippen molar-refractivity contribution in [2.24, 2.45) is 5.92 Å². The van der Waals surface area contributed by atoms with Crippen LogP contribution in [0.25, 0.3) is 0 Å². The molecule has 0 amide bonds. The van der Waals surface area contributed by atoms with Crippen LogP contribution in [-0.4, -0.2) is 10.7 Å². The van der Waals surface area contributed by atoms with Gasteiger partial charge in [-0.2, -0.15) is 0 Å². The standard InChI is InChI=1S/C11H16BrNS/c1-8(2)6-7-14-11-5-4-10(12)9(3)13-11/h4-5,8H,6-7H2,1-3H3. The Morgan fingerprint density at radius 3 is 2.71 bits per heavy atom. The van der Waals surface area contributed by atoms with E-state index in [1.54, 1.807) is 0 Å². The lowest BCUT2D eigenvalue weighted by Gasteiger charge is -2.05. The highest BCUT2D eigenvalue weighted by Crippen LogP contribution is 2.22. The number of halogens is 1. The molecule has 1 heterocycles. The topological polar surface area (TPSA) is 12.9 Å². The zero-order valence-electron chi connectivity index (χ0n) is 8.88. The van der Waals surface area contributed by atoms with Crippen molar-refractivity contribution in [3.05, 3.63) is 22.3 Å². The van der Waals surface area contributed by atoms with E-state index in [1.807, 2.05) is 18.7 Å². The van der Waals surface area contributed by atoms with Gasteiger partial charge in [0.05, 0.1) is 10.7 Å². The van der Waals surface area contributed by atoms with Gasteiger partial charge in [-0.1, -0.05) is 13.8 Å². The zero-order chi connectivity index (χ0) is 10.6. The van der Waals surface area contributed by atoms with Gasteiger partial charge in [-0.3, -0.25) is 0 Å². The number of thioether (sulfide) groups is 1. The summed E-state index contributed by atoms with van der Waals surface area (Å²) in [4.78, 5) is 4.49. The average molecular weight is 274 g/mol. The Morgan fingerprint density at radius 2 is 2.14 bits per heavy atom. The largest absolute Gasteiger partial charge is 0.246 e. The Hall–Kier alpha value is -0.0200. The van der Waals surface area contributed by atoms with E-state index in [2.05, 4.69) is 46.9 Å². The molecule has 0 N–H and O–H groups in total. The summed E-state index contributed by atoms with van der Waals surface area (Å²) < 4.78 is 1.09. The predicted molar refractivity (Wildman–Crippen MR) is 66.9 cm³/mol. The zero-order valence-corrected chi connectivity index (χ0v) is 11.3. The van der Waals surface area contributed by atoms with E-state index >= 15 is 0 Å². The Bertz CT molecular complexity index is 299. The molecule has 78 valence electrons. The van der Waals surface area contributed by atoms with Crippen LogP contribution in [0.15, 0.2) is 21.6 Å². The van der Waals surface area contributed by atoms with Crippen molar-refractivity contribution in [3.8, 4) is 0 Å². The number of hydrogen-bond donors (Lipinski definition) is 0. The van der Waals surface area contributed by atoms with Gasteiger partial charge in [0.2, 0.25) is 0 Å². The van der Waals surface area contributed by atoms with E-state index in [-0.39, 0.29) is 0 Å². The highest BCUT2D eigenvalue weighted by molar-refractivity contribution is 9.10. The van der Waals surface area contributed by atoms with E-state index in [4.69, 9.17) is 0 Å². The fraction of sp³-hybridized carbons (Fsp3) is 0.545. The summed E-state index contributed by atoms with van der Waals surface area (Å²) in [6.07, 6.45) is 1.25. The maximum atomic E-state index is 4.49. The summed E-state index contributed by atoms with van der Waals surface area (Å²) in [6.45, 7) is 6.53. The molecule has 0 saturated heterocycles. The lowest BCUT2D eigenvalue weighted by Crippen LogP contribution is -1.91. The number of aryl methyl sites for hydroxylation is 1. The van der Waals surface area contributed by atoms with Gasteiger partial charge in [-0.05, 0) is 53.1 Å². The number of pyridine rings is 1. The van der Waals surface area contributed by atoms with E-state index in [1.165, 1.54) is 6.42 Å². The molecule has 1 nitrogen and oxygen atoms in total. The van der Waals surface area contributed by atoms with Crippen molar-refractivity contribution in [3.63, 3.8) is 0 Å². The van der Waals surface area contributed by atoms with E-state index < -0.39 is 0 Å². The van der Waals surface area contributed by atoms with Crippen molar-refractivity contribution in [2.75, 3.05) is 5.75 Å². The first-order valence-corrected chi connectivity index (χ1v) is 6.63. The summed E-state index contributed by atoms with van der Waals surface area (Å²) >= 11 is 5.29. The molecule has 1 aromatic rings. The van der Waals surface area contributed by atoms with Gasteiger partial charge in [0.1, 0.15) is 0 Å². The number of hydrogen-bond acceptors (Lipinski definition) is 2. The molecule has 0 atom stereocenters. The van der Waals surface area contributed by atoms with Crippen molar-refractivity contribution in [2.45, 2.75) is 32.2 Å². The van der Waals surface area contributed by atoms with Gasteiger partial charge in [0.15, 0.2) is 0 Å². The summed E-state index contributed by atoms with van der Waals surface area (Å²) in [5.74, 6) is 1.94. The third kappa shape index (κ3) is 4.01. The van der Waals surface area contributed by atoms with Crippen LogP contribution in [0.4, 0.5) is 0 Å². The van der Waals surface area contributed by atoms with Gasteiger partial charge in [0, 0.05) is 4.47 Å². The van der Waals surface area contributed by atoms with E-state index in [0.29, 0.717) is 0 Å². The van der Waals surface area contributed by atoms with Crippen LogP contribution in [-0.2, 0) is 0 Å². The van der Waals surface area contributed by atoms with Gasteiger partial charge in [-0.15, -0.1) is 11.8 Å². The monoisotopic (exact) mass is 273 g/mol. The first-order valence-electron chi connectivity index (χ1n) is 4.85. The van der Waals surface area contributed by atoms with Crippen LogP contribution in [0.5, 0.6) is 0 Å². The molecule has 0 aromatic carbocycles. The van der Waals surface area contributed by atoms with Crippen molar-refractivity contribution >= 4 is 27.7 Å². The maximum Gasteiger partial charge on any atom is 0.0963 e. The van der Waals surface area contributed by atoms with Gasteiger partial charge in [-0.25, -0.2) is 4.98 Å². The van der Waals surface area contributed by atoms with Crippen LogP contribution in [0.1, 0.15) is 26.0 Å². The minimum Gasteiger partial charge on any atom is -0.246 e. The van der Waals surface area contributed by atoms with Crippen molar-refractivity contribution in [1.82, 2.24) is 4.98 Å². The number of aromatic nitrogens is 1. The van der Waals surface area contributed by atoms with Gasteiger partial charge < -0.3 is 0 Å². The second kappa shape index (κ2) is 5.76. The summed E-state index contributed by atoms with van der Waals surface area (Å²) in [7, 11) is 0. The third-order valence-corrected chi connectivity index (χ3v) is 3.74. The molecule has 0 bridgehead atoms. The van der Waals surface area contributed by atoms with Gasteiger partial charge in [0.25, 0.3) is 0 Å². The molecular weight excluding hydrogens is 258 g/mol. The lowest BCUT2D eigenvalue weighted by atomic mass is 10.2. The van der Waals surface area contributed by atoms with Crippen molar-refractivity contribution < 1.29 is 0 Å². The molecule has 0 unspecified atom stereocenters. The second-order valence-corrected chi connectivity index (χ2v) is 5.72. The highest BCUT2D eigenvalue weighted by atomic mass is 79.9. The third-order valence-electron chi connectivity index (χ3n) is 1.94. The average Bonchev–Trinajstić information content (AvgIpc) is 2.10. The first-order chi connectivity index (χ1) is 6.59. The Balaban J connectivity index is 2.47. The molecule has 0 radical (unpaired) electrons. The van der Waals surface area contributed by atoms with Crippen LogP contribution in [0, 0.1) is 12.8 Å². The first kappa shape index (κ1) is 12.1. The minimum absolute atomic E-state index is 0.777. The fourth-order valence-electron chi connectivity index (χ4n) is 1.00. The SMILES string of the molecule is Cc1nc(SCCC(C)C)ccc1Br. The predicted octanol–water partition coefficient (Wildman–Crippen LogP) is 4.29. The van der Waals surface area contributed by atoms with Crippen LogP contribution >= 0.6 is 27.7 Å². The van der Waals surface area contributed by atoms with E-state index in [0.717, 1.165) is 26.9 Å². The van der Waals surface area contributed by atoms with Gasteiger partial charge >= 0.3 is 0 Å². The number of rotatable bonds is 4. The molecule has 0 fully saturated rings. The van der Waals surface area contributed by atoms with Crippen LogP contribution < -0.4 is 0 Å². The van der Waals surface area contributed by atoms with Crippen LogP contribution in [0.2, 0.25) is 0 Å². The maximum absolute atomic E-state index is 4.49. The summed E-state index contributed by atoms with van der Waals surface area (Å²) in [6, 6.07) is 4.14. The smallest absolute Gasteiger partial charge is 0.0963 e. The molecule has 1 aromatic heterocycles. The molecule has 1 rings (SSSR count). The molecule has 0 aliphatic rings. The summed E-state index contributed by atoms with van der Waals surface area (Å²) in [5, 5.41) is 1.13. The van der Waals surface area contributed by atoms with E-state index in [9.17, 15) is 0 Å². The molecule has 14 heavy (non-hydrogen) atoms. The molecular formula is C11H16BrNS. The highest BCUT2D eigenvalue weighted by Gasteiger charge is 2.00. The molecule has 3 heteroatoms. The van der Waals surface area contributed by atoms with Crippen LogP contribution in [0.3, 0.4) is 0 Å². The lowest BCUT2D eigenvalue weighted by molar-refractivity contribution is 0.632. The molecule has 0 saturated carbocycles. The molecule has 0 spiro atoms. The normalized spacial score (nSPS) is 10.9. The Labute approximate surface area is 98.8 Å². The Kier molecular flexibility index (Phi) is 4.96. The van der Waals surface area contributed by atoms with Crippen molar-refractivity contribution in [1.29, 1.82) is 0 Å². The minimum atomic E-state index is 0.777. The Morgan fingerprint density at radius 1 is 1.43 bits per heavy atom.